The molecule has 0 aliphatic rings. The fourth-order valence-corrected chi connectivity index (χ4v) is 2.99. The Morgan fingerprint density at radius 1 is 1.12 bits per heavy atom. The molecule has 0 unspecified atom stereocenters. The van der Waals surface area contributed by atoms with Gasteiger partial charge in [0, 0.05) is 12.6 Å². The van der Waals surface area contributed by atoms with Gasteiger partial charge in [0.2, 0.25) is 5.76 Å². The molecule has 0 aliphatic carbocycles. The summed E-state index contributed by atoms with van der Waals surface area (Å²) < 4.78 is 10.5. The second-order valence-electron chi connectivity index (χ2n) is 5.91. The molecule has 0 fully saturated rings. The SMILES string of the molecule is CCN(CC)[C@@H](CNC(=O)c1cc(-c2ccco2)on1)c1ccccc1. The summed E-state index contributed by atoms with van der Waals surface area (Å²) in [5.41, 5.74) is 1.41. The molecule has 136 valence electrons. The van der Waals surface area contributed by atoms with Crippen molar-refractivity contribution in [2.45, 2.75) is 19.9 Å². The van der Waals surface area contributed by atoms with E-state index in [1.165, 1.54) is 5.56 Å². The van der Waals surface area contributed by atoms with E-state index < -0.39 is 0 Å². The highest BCUT2D eigenvalue weighted by atomic mass is 16.5. The maximum atomic E-state index is 12.5. The summed E-state index contributed by atoms with van der Waals surface area (Å²) in [4.78, 5) is 14.8. The van der Waals surface area contributed by atoms with Crippen LogP contribution < -0.4 is 5.32 Å². The van der Waals surface area contributed by atoms with Crippen LogP contribution in [0.1, 0.15) is 35.9 Å². The van der Waals surface area contributed by atoms with E-state index in [1.807, 2.05) is 18.2 Å². The summed E-state index contributed by atoms with van der Waals surface area (Å²) in [6.07, 6.45) is 1.55. The fourth-order valence-electron chi connectivity index (χ4n) is 2.99. The molecule has 6 heteroatoms. The molecule has 0 bridgehead atoms. The maximum absolute atomic E-state index is 12.5. The standard InChI is InChI=1S/C20H23N3O3/c1-3-23(4-2)17(15-9-6-5-7-10-15)14-21-20(24)16-13-19(26-22-16)18-11-8-12-25-18/h5-13,17H,3-4,14H2,1-2H3,(H,21,24)/t17-/m0/s1. The van der Waals surface area contributed by atoms with Crippen molar-refractivity contribution in [1.29, 1.82) is 0 Å². The van der Waals surface area contributed by atoms with E-state index in [0.29, 0.717) is 18.1 Å². The molecule has 1 aromatic carbocycles. The van der Waals surface area contributed by atoms with Gasteiger partial charge in [0.15, 0.2) is 11.5 Å². The Balaban J connectivity index is 1.69. The molecule has 0 spiro atoms. The number of amides is 1. The molecule has 0 radical (unpaired) electrons. The smallest absolute Gasteiger partial charge is 0.273 e. The molecule has 1 N–H and O–H groups in total. The van der Waals surface area contributed by atoms with Crippen LogP contribution in [0.25, 0.3) is 11.5 Å². The number of furan rings is 1. The maximum Gasteiger partial charge on any atom is 0.273 e. The van der Waals surface area contributed by atoms with Crippen molar-refractivity contribution < 1.29 is 13.7 Å². The Labute approximate surface area is 152 Å². The number of nitrogens with zero attached hydrogens (tertiary/aromatic N) is 2. The van der Waals surface area contributed by atoms with E-state index >= 15 is 0 Å². The molecule has 26 heavy (non-hydrogen) atoms. The largest absolute Gasteiger partial charge is 0.461 e. The minimum absolute atomic E-state index is 0.103. The van der Waals surface area contributed by atoms with E-state index in [0.717, 1.165) is 13.1 Å². The fraction of sp³-hybridized carbons (Fsp3) is 0.300. The van der Waals surface area contributed by atoms with Gasteiger partial charge in [-0.25, -0.2) is 0 Å². The molecular formula is C20H23N3O3. The number of benzene rings is 1. The molecule has 1 amide bonds. The van der Waals surface area contributed by atoms with Crippen LogP contribution in [-0.2, 0) is 0 Å². The van der Waals surface area contributed by atoms with Gasteiger partial charge in [-0.1, -0.05) is 49.3 Å². The Kier molecular flexibility index (Phi) is 5.86. The zero-order valence-electron chi connectivity index (χ0n) is 15.0. The topological polar surface area (TPSA) is 71.5 Å². The average Bonchev–Trinajstić information content (AvgIpc) is 3.37. The molecular weight excluding hydrogens is 330 g/mol. The normalized spacial score (nSPS) is 12.3. The predicted octanol–water partition coefficient (Wildman–Crippen LogP) is 3.75. The molecule has 2 aromatic heterocycles. The zero-order valence-corrected chi connectivity index (χ0v) is 15.0. The van der Waals surface area contributed by atoms with Crippen molar-refractivity contribution >= 4 is 5.91 Å². The minimum Gasteiger partial charge on any atom is -0.461 e. The minimum atomic E-state index is -0.264. The second kappa shape index (κ2) is 8.49. The summed E-state index contributed by atoms with van der Waals surface area (Å²) in [5.74, 6) is 0.713. The number of rotatable bonds is 8. The van der Waals surface area contributed by atoms with Crippen molar-refractivity contribution in [3.63, 3.8) is 0 Å². The van der Waals surface area contributed by atoms with Gasteiger partial charge in [-0.2, -0.15) is 0 Å². The van der Waals surface area contributed by atoms with Crippen molar-refractivity contribution in [1.82, 2.24) is 15.4 Å². The van der Waals surface area contributed by atoms with Gasteiger partial charge in [-0.3, -0.25) is 9.69 Å². The first-order chi connectivity index (χ1) is 12.7. The summed E-state index contributed by atoms with van der Waals surface area (Å²) in [7, 11) is 0. The summed E-state index contributed by atoms with van der Waals surface area (Å²) in [6.45, 7) is 6.54. The van der Waals surface area contributed by atoms with Crippen LogP contribution in [0, 0.1) is 0 Å². The van der Waals surface area contributed by atoms with Crippen molar-refractivity contribution in [3.05, 3.63) is 66.1 Å². The number of hydrogen-bond donors (Lipinski definition) is 1. The van der Waals surface area contributed by atoms with Gasteiger partial charge < -0.3 is 14.3 Å². The lowest BCUT2D eigenvalue weighted by Crippen LogP contribution is -2.38. The van der Waals surface area contributed by atoms with Gasteiger partial charge in [0.25, 0.3) is 5.91 Å². The molecule has 0 saturated heterocycles. The number of carbonyl (C=O) groups is 1. The number of hydrogen-bond acceptors (Lipinski definition) is 5. The van der Waals surface area contributed by atoms with Crippen LogP contribution in [0.5, 0.6) is 0 Å². The van der Waals surface area contributed by atoms with E-state index in [1.54, 1.807) is 24.5 Å². The van der Waals surface area contributed by atoms with Gasteiger partial charge in [0.05, 0.1) is 12.3 Å². The molecule has 0 aliphatic heterocycles. The van der Waals surface area contributed by atoms with Crippen LogP contribution in [0.3, 0.4) is 0 Å². The lowest BCUT2D eigenvalue weighted by molar-refractivity contribution is 0.0926. The van der Waals surface area contributed by atoms with E-state index in [2.05, 4.69) is 41.4 Å². The zero-order chi connectivity index (χ0) is 18.4. The Morgan fingerprint density at radius 3 is 2.54 bits per heavy atom. The summed E-state index contributed by atoms with van der Waals surface area (Å²) >= 11 is 0. The van der Waals surface area contributed by atoms with Crippen LogP contribution in [0.4, 0.5) is 0 Å². The predicted molar refractivity (Wildman–Crippen MR) is 98.6 cm³/mol. The molecule has 6 nitrogen and oxygen atoms in total. The third kappa shape index (κ3) is 4.03. The van der Waals surface area contributed by atoms with Crippen molar-refractivity contribution in [2.75, 3.05) is 19.6 Å². The number of aromatic nitrogens is 1. The Bertz CT molecular complexity index is 808. The molecule has 3 rings (SSSR count). The monoisotopic (exact) mass is 353 g/mol. The van der Waals surface area contributed by atoms with Crippen molar-refractivity contribution in [2.24, 2.45) is 0 Å². The number of carbonyl (C=O) groups excluding carboxylic acids is 1. The van der Waals surface area contributed by atoms with Gasteiger partial charge in [-0.05, 0) is 30.8 Å². The van der Waals surface area contributed by atoms with E-state index in [4.69, 9.17) is 8.94 Å². The second-order valence-corrected chi connectivity index (χ2v) is 5.91. The Morgan fingerprint density at radius 2 is 1.88 bits per heavy atom. The lowest BCUT2D eigenvalue weighted by Gasteiger charge is -2.30. The van der Waals surface area contributed by atoms with E-state index in [9.17, 15) is 4.79 Å². The first-order valence-electron chi connectivity index (χ1n) is 8.80. The van der Waals surface area contributed by atoms with Crippen LogP contribution in [-0.4, -0.2) is 35.6 Å². The molecule has 0 saturated carbocycles. The third-order valence-electron chi connectivity index (χ3n) is 4.40. The molecule has 3 aromatic rings. The first kappa shape index (κ1) is 17.9. The highest BCUT2D eigenvalue weighted by Crippen LogP contribution is 2.22. The number of nitrogens with one attached hydrogen (secondary N) is 1. The van der Waals surface area contributed by atoms with Crippen LogP contribution in [0.15, 0.2) is 63.7 Å². The van der Waals surface area contributed by atoms with Crippen molar-refractivity contribution in [3.8, 4) is 11.5 Å². The van der Waals surface area contributed by atoms with Gasteiger partial charge in [0.1, 0.15) is 0 Å². The van der Waals surface area contributed by atoms with Gasteiger partial charge >= 0.3 is 0 Å². The quantitative estimate of drug-likeness (QED) is 0.668. The average molecular weight is 353 g/mol. The highest BCUT2D eigenvalue weighted by Gasteiger charge is 2.20. The summed E-state index contributed by atoms with van der Waals surface area (Å²) in [5, 5.41) is 6.82. The lowest BCUT2D eigenvalue weighted by atomic mass is 10.1. The third-order valence-corrected chi connectivity index (χ3v) is 4.40. The first-order valence-corrected chi connectivity index (χ1v) is 8.80. The molecule has 2 heterocycles. The highest BCUT2D eigenvalue weighted by molar-refractivity contribution is 5.92. The van der Waals surface area contributed by atoms with Crippen LogP contribution in [0.2, 0.25) is 0 Å². The van der Waals surface area contributed by atoms with Gasteiger partial charge in [-0.15, -0.1) is 0 Å². The number of likely N-dealkylation sites (N-methyl/N-ethyl adjacent to an activating group) is 1. The molecule has 1 atom stereocenters. The Hall–Kier alpha value is -2.86. The van der Waals surface area contributed by atoms with E-state index in [-0.39, 0.29) is 17.6 Å². The van der Waals surface area contributed by atoms with Crippen LogP contribution >= 0.6 is 0 Å². The summed E-state index contributed by atoms with van der Waals surface area (Å²) in [6, 6.07) is 15.4.